The van der Waals surface area contributed by atoms with Gasteiger partial charge in [-0.25, -0.2) is 9.37 Å². The molecule has 1 aromatic carbocycles. The molecular weight excluding hydrogens is 339 g/mol. The molecule has 6 nitrogen and oxygen atoms in total. The van der Waals surface area contributed by atoms with Crippen molar-refractivity contribution in [2.45, 2.75) is 38.5 Å². The molecule has 0 radical (unpaired) electrons. The van der Waals surface area contributed by atoms with Crippen LogP contribution < -0.4 is 5.32 Å². The zero-order valence-electron chi connectivity index (χ0n) is 14.3. The summed E-state index contributed by atoms with van der Waals surface area (Å²) in [5.41, 5.74) is 0.191. The zero-order chi connectivity index (χ0) is 18.6. The Labute approximate surface area is 150 Å². The fourth-order valence-corrected chi connectivity index (χ4v) is 3.30. The summed E-state index contributed by atoms with van der Waals surface area (Å²) in [6.07, 6.45) is 5.32. The fourth-order valence-electron chi connectivity index (χ4n) is 3.30. The Kier molecular flexibility index (Phi) is 5.35. The molecule has 0 spiro atoms. The number of oxazole rings is 1. The van der Waals surface area contributed by atoms with Crippen molar-refractivity contribution in [1.29, 1.82) is 0 Å². The van der Waals surface area contributed by atoms with E-state index in [2.05, 4.69) is 10.3 Å². The van der Waals surface area contributed by atoms with Gasteiger partial charge in [-0.3, -0.25) is 9.59 Å². The van der Waals surface area contributed by atoms with Crippen LogP contribution in [0.4, 0.5) is 4.39 Å². The number of aliphatic carboxylic acids is 1. The second-order valence-corrected chi connectivity index (χ2v) is 6.75. The number of carboxylic acids is 1. The van der Waals surface area contributed by atoms with Crippen molar-refractivity contribution < 1.29 is 23.5 Å². The summed E-state index contributed by atoms with van der Waals surface area (Å²) in [6, 6.07) is 5.71. The van der Waals surface area contributed by atoms with E-state index in [-0.39, 0.29) is 24.7 Å². The van der Waals surface area contributed by atoms with Crippen molar-refractivity contribution >= 4 is 11.9 Å². The van der Waals surface area contributed by atoms with Gasteiger partial charge in [-0.1, -0.05) is 19.3 Å². The summed E-state index contributed by atoms with van der Waals surface area (Å²) in [5.74, 6) is -1.19. The number of hydrogen-bond donors (Lipinski definition) is 2. The Bertz CT molecular complexity index is 779. The molecule has 0 aliphatic heterocycles. The van der Waals surface area contributed by atoms with Crippen LogP contribution >= 0.6 is 0 Å². The Morgan fingerprint density at radius 1 is 1.19 bits per heavy atom. The maximum absolute atomic E-state index is 13.0. The van der Waals surface area contributed by atoms with E-state index in [0.29, 0.717) is 30.0 Å². The number of benzene rings is 1. The molecule has 7 heteroatoms. The third kappa shape index (κ3) is 4.09. The standard InChI is InChI=1S/C19H21FN2O4/c20-14-6-4-13(5-7-14)17-22-15(11-26-17)10-16(23)21-12-19(18(24)25)8-2-1-3-9-19/h4-7,11H,1-3,8-10,12H2,(H,21,23)(H,24,25). The minimum Gasteiger partial charge on any atom is -0.481 e. The first-order chi connectivity index (χ1) is 12.5. The van der Waals surface area contributed by atoms with Gasteiger partial charge in [-0.2, -0.15) is 0 Å². The molecule has 2 aromatic rings. The molecule has 1 aliphatic rings. The average molecular weight is 360 g/mol. The smallest absolute Gasteiger partial charge is 0.311 e. The van der Waals surface area contributed by atoms with Crippen LogP contribution in [-0.4, -0.2) is 28.5 Å². The minimum atomic E-state index is -0.864. The molecule has 0 unspecified atom stereocenters. The van der Waals surface area contributed by atoms with Crippen molar-refractivity contribution in [3.05, 3.63) is 42.0 Å². The van der Waals surface area contributed by atoms with E-state index in [9.17, 15) is 19.1 Å². The number of hydrogen-bond acceptors (Lipinski definition) is 4. The third-order valence-corrected chi connectivity index (χ3v) is 4.87. The van der Waals surface area contributed by atoms with Gasteiger partial charge in [0.2, 0.25) is 11.8 Å². The molecule has 1 saturated carbocycles. The molecule has 26 heavy (non-hydrogen) atoms. The van der Waals surface area contributed by atoms with Gasteiger partial charge in [-0.05, 0) is 37.1 Å². The predicted octanol–water partition coefficient (Wildman–Crippen LogP) is 3.17. The van der Waals surface area contributed by atoms with E-state index in [1.807, 2.05) is 0 Å². The second-order valence-electron chi connectivity index (χ2n) is 6.75. The van der Waals surface area contributed by atoms with E-state index >= 15 is 0 Å². The number of aromatic nitrogens is 1. The second kappa shape index (κ2) is 7.68. The van der Waals surface area contributed by atoms with Crippen molar-refractivity contribution in [3.63, 3.8) is 0 Å². The van der Waals surface area contributed by atoms with Crippen LogP contribution in [0.5, 0.6) is 0 Å². The van der Waals surface area contributed by atoms with Gasteiger partial charge in [0, 0.05) is 12.1 Å². The molecule has 1 fully saturated rings. The summed E-state index contributed by atoms with van der Waals surface area (Å²) in [7, 11) is 0. The fraction of sp³-hybridized carbons (Fsp3) is 0.421. The highest BCUT2D eigenvalue weighted by atomic mass is 19.1. The third-order valence-electron chi connectivity index (χ3n) is 4.87. The summed E-state index contributed by atoms with van der Waals surface area (Å²) in [4.78, 5) is 28.0. The molecule has 1 heterocycles. The molecule has 138 valence electrons. The molecule has 0 saturated heterocycles. The van der Waals surface area contributed by atoms with Crippen LogP contribution in [0.1, 0.15) is 37.8 Å². The first-order valence-electron chi connectivity index (χ1n) is 8.69. The van der Waals surface area contributed by atoms with E-state index in [1.165, 1.54) is 18.4 Å². The normalized spacial score (nSPS) is 16.2. The monoisotopic (exact) mass is 360 g/mol. The number of nitrogens with one attached hydrogen (secondary N) is 1. The molecule has 1 amide bonds. The summed E-state index contributed by atoms with van der Waals surface area (Å²) in [6.45, 7) is 0.129. The zero-order valence-corrected chi connectivity index (χ0v) is 14.3. The van der Waals surface area contributed by atoms with Gasteiger partial charge >= 0.3 is 5.97 Å². The van der Waals surface area contributed by atoms with Crippen LogP contribution in [0.2, 0.25) is 0 Å². The first-order valence-corrected chi connectivity index (χ1v) is 8.69. The van der Waals surface area contributed by atoms with E-state index in [0.717, 1.165) is 19.3 Å². The lowest BCUT2D eigenvalue weighted by Crippen LogP contribution is -2.44. The van der Waals surface area contributed by atoms with E-state index in [4.69, 9.17) is 4.42 Å². The van der Waals surface area contributed by atoms with Crippen molar-refractivity contribution in [1.82, 2.24) is 10.3 Å². The summed E-state index contributed by atoms with van der Waals surface area (Å²) >= 11 is 0. The number of halogens is 1. The summed E-state index contributed by atoms with van der Waals surface area (Å²) in [5, 5.41) is 12.3. The van der Waals surface area contributed by atoms with Crippen molar-refractivity contribution in [2.24, 2.45) is 5.41 Å². The predicted molar refractivity (Wildman–Crippen MR) is 91.8 cm³/mol. The molecule has 3 rings (SSSR count). The first kappa shape index (κ1) is 18.1. The lowest BCUT2D eigenvalue weighted by atomic mass is 9.74. The molecule has 0 bridgehead atoms. The van der Waals surface area contributed by atoms with Crippen LogP contribution in [-0.2, 0) is 16.0 Å². The largest absolute Gasteiger partial charge is 0.481 e. The highest BCUT2D eigenvalue weighted by Gasteiger charge is 2.39. The highest BCUT2D eigenvalue weighted by molar-refractivity contribution is 5.80. The number of carboxylic acid groups (broad SMARTS) is 1. The summed E-state index contributed by atoms with van der Waals surface area (Å²) < 4.78 is 18.3. The van der Waals surface area contributed by atoms with Crippen LogP contribution in [0.15, 0.2) is 34.9 Å². The molecule has 0 atom stereocenters. The molecule has 2 N–H and O–H groups in total. The Morgan fingerprint density at radius 2 is 1.88 bits per heavy atom. The van der Waals surface area contributed by atoms with Gasteiger partial charge in [0.25, 0.3) is 0 Å². The number of carbonyl (C=O) groups excluding carboxylic acids is 1. The minimum absolute atomic E-state index is 0.000391. The van der Waals surface area contributed by atoms with Crippen LogP contribution in [0, 0.1) is 11.2 Å². The van der Waals surface area contributed by atoms with Crippen molar-refractivity contribution in [3.8, 4) is 11.5 Å². The number of rotatable bonds is 6. The van der Waals surface area contributed by atoms with Crippen LogP contribution in [0.3, 0.4) is 0 Å². The lowest BCUT2D eigenvalue weighted by molar-refractivity contribution is -0.151. The number of carbonyl (C=O) groups is 2. The van der Waals surface area contributed by atoms with Gasteiger partial charge in [0.15, 0.2) is 0 Å². The average Bonchev–Trinajstić information content (AvgIpc) is 3.09. The van der Waals surface area contributed by atoms with Gasteiger partial charge in [0.05, 0.1) is 17.5 Å². The maximum Gasteiger partial charge on any atom is 0.311 e. The highest BCUT2D eigenvalue weighted by Crippen LogP contribution is 2.36. The van der Waals surface area contributed by atoms with E-state index in [1.54, 1.807) is 12.1 Å². The van der Waals surface area contributed by atoms with Crippen molar-refractivity contribution in [2.75, 3.05) is 6.54 Å². The Morgan fingerprint density at radius 3 is 2.54 bits per heavy atom. The van der Waals surface area contributed by atoms with Crippen LogP contribution in [0.25, 0.3) is 11.5 Å². The molecular formula is C19H21FN2O4. The van der Waals surface area contributed by atoms with Gasteiger partial charge in [0.1, 0.15) is 12.1 Å². The number of amides is 1. The lowest BCUT2D eigenvalue weighted by Gasteiger charge is -2.33. The number of nitrogens with zero attached hydrogens (tertiary/aromatic N) is 1. The van der Waals surface area contributed by atoms with E-state index < -0.39 is 11.4 Å². The molecule has 1 aliphatic carbocycles. The van der Waals surface area contributed by atoms with Gasteiger partial charge in [-0.15, -0.1) is 0 Å². The quantitative estimate of drug-likeness (QED) is 0.825. The van der Waals surface area contributed by atoms with Gasteiger partial charge < -0.3 is 14.8 Å². The Balaban J connectivity index is 1.58. The molecule has 1 aromatic heterocycles. The topological polar surface area (TPSA) is 92.4 Å². The Hall–Kier alpha value is -2.70. The SMILES string of the molecule is O=C(Cc1coc(-c2ccc(F)cc2)n1)NCC1(C(=O)O)CCCCC1. The maximum atomic E-state index is 13.0.